The summed E-state index contributed by atoms with van der Waals surface area (Å²) in [5, 5.41) is 4.21. The summed E-state index contributed by atoms with van der Waals surface area (Å²) in [6, 6.07) is 10.0. The number of carbonyl (C=O) groups excluding carboxylic acids is 1. The molecule has 3 heterocycles. The van der Waals surface area contributed by atoms with Crippen molar-refractivity contribution in [1.29, 1.82) is 0 Å². The lowest BCUT2D eigenvalue weighted by Crippen LogP contribution is -2.24. The Kier molecular flexibility index (Phi) is 4.70. The van der Waals surface area contributed by atoms with E-state index in [2.05, 4.69) is 14.8 Å². The molecule has 28 heavy (non-hydrogen) atoms. The van der Waals surface area contributed by atoms with Gasteiger partial charge in [-0.2, -0.15) is 5.10 Å². The highest BCUT2D eigenvalue weighted by Gasteiger charge is 2.37. The van der Waals surface area contributed by atoms with Crippen LogP contribution in [0, 0.1) is 12.4 Å². The van der Waals surface area contributed by atoms with Gasteiger partial charge in [0.2, 0.25) is 6.04 Å². The van der Waals surface area contributed by atoms with Crippen LogP contribution in [0.1, 0.15) is 35.3 Å². The first kappa shape index (κ1) is 18.0. The Bertz CT molecular complexity index is 1070. The molecule has 142 valence electrons. The number of anilines is 1. The number of rotatable bonds is 4. The van der Waals surface area contributed by atoms with Crippen LogP contribution in [0.15, 0.2) is 48.8 Å². The van der Waals surface area contributed by atoms with E-state index in [1.807, 2.05) is 18.2 Å². The first-order valence-electron chi connectivity index (χ1n) is 9.14. The fraction of sp³-hybridized carbons (Fsp3) is 0.286. The number of halogens is 1. The predicted molar refractivity (Wildman–Crippen MR) is 103 cm³/mol. The molecule has 1 aliphatic heterocycles. The number of aromatic nitrogens is 2. The van der Waals surface area contributed by atoms with Gasteiger partial charge in [0, 0.05) is 18.3 Å². The number of pyridine rings is 1. The Morgan fingerprint density at radius 3 is 3.00 bits per heavy atom. The van der Waals surface area contributed by atoms with Crippen LogP contribution >= 0.6 is 0 Å². The van der Waals surface area contributed by atoms with Crippen LogP contribution in [0.25, 0.3) is 10.4 Å². The fourth-order valence-electron chi connectivity index (χ4n) is 3.74. The molecule has 1 aromatic carbocycles. The van der Waals surface area contributed by atoms with Gasteiger partial charge in [0.15, 0.2) is 0 Å². The Morgan fingerprint density at radius 1 is 1.39 bits per heavy atom. The number of benzene rings is 1. The number of hydrogen-bond donors (Lipinski definition) is 0. The molecule has 1 saturated heterocycles. The zero-order valence-electron chi connectivity index (χ0n) is 15.4. The summed E-state index contributed by atoms with van der Waals surface area (Å²) in [7, 11) is 0. The van der Waals surface area contributed by atoms with Crippen molar-refractivity contribution in [2.45, 2.75) is 25.4 Å². The van der Waals surface area contributed by atoms with Gasteiger partial charge >= 0.3 is 5.97 Å². The lowest BCUT2D eigenvalue weighted by molar-refractivity contribution is 0.0528. The first-order valence-corrected chi connectivity index (χ1v) is 9.14. The van der Waals surface area contributed by atoms with E-state index in [-0.39, 0.29) is 24.5 Å². The Balaban J connectivity index is 1.75. The van der Waals surface area contributed by atoms with E-state index in [0.29, 0.717) is 24.0 Å². The molecule has 0 bridgehead atoms. The SMILES string of the molecule is [C-]#[N+][C@H]1C[C@H](c2cccc(F)c2)N(c2ccn3ncc(C(=O)OCC)c3c2)C1. The summed E-state index contributed by atoms with van der Waals surface area (Å²) in [5.41, 5.74) is 2.73. The van der Waals surface area contributed by atoms with Gasteiger partial charge in [-0.1, -0.05) is 12.1 Å². The topological polar surface area (TPSA) is 51.2 Å². The standard InChI is InChI=1S/C21H19FN4O2/c1-3-28-21(27)18-12-24-26-8-7-17(11-20(18)26)25-13-16(23-2)10-19(25)14-5-4-6-15(22)9-14/h4-9,11-12,16,19H,3,10,13H2,1H3/t16-,19+/m0/s1. The Labute approximate surface area is 162 Å². The molecule has 0 saturated carbocycles. The van der Waals surface area contributed by atoms with Crippen LogP contribution in [-0.2, 0) is 4.74 Å². The highest BCUT2D eigenvalue weighted by Crippen LogP contribution is 2.38. The molecule has 7 heteroatoms. The molecule has 2 aromatic heterocycles. The van der Waals surface area contributed by atoms with Crippen molar-refractivity contribution in [3.05, 3.63) is 77.2 Å². The molecule has 0 spiro atoms. The zero-order valence-corrected chi connectivity index (χ0v) is 15.4. The Hall–Kier alpha value is -3.40. The summed E-state index contributed by atoms with van der Waals surface area (Å²) in [4.78, 5) is 18.0. The molecule has 0 aliphatic carbocycles. The van der Waals surface area contributed by atoms with E-state index in [0.717, 1.165) is 11.3 Å². The molecular weight excluding hydrogens is 359 g/mol. The van der Waals surface area contributed by atoms with Gasteiger partial charge in [-0.05, 0) is 36.8 Å². The summed E-state index contributed by atoms with van der Waals surface area (Å²) < 4.78 is 20.5. The van der Waals surface area contributed by atoms with Crippen molar-refractivity contribution in [3.63, 3.8) is 0 Å². The molecule has 3 aromatic rings. The number of nitrogens with zero attached hydrogens (tertiary/aromatic N) is 4. The maximum absolute atomic E-state index is 13.8. The minimum atomic E-state index is -0.420. The third-order valence-corrected chi connectivity index (χ3v) is 5.03. The van der Waals surface area contributed by atoms with Crippen LogP contribution in [0.2, 0.25) is 0 Å². The second-order valence-electron chi connectivity index (χ2n) is 6.74. The molecule has 0 radical (unpaired) electrons. The summed E-state index contributed by atoms with van der Waals surface area (Å²) in [6.45, 7) is 10.0. The first-order chi connectivity index (χ1) is 13.6. The molecule has 6 nitrogen and oxygen atoms in total. The van der Waals surface area contributed by atoms with Crippen LogP contribution in [-0.4, -0.2) is 34.8 Å². The maximum Gasteiger partial charge on any atom is 0.341 e. The van der Waals surface area contributed by atoms with Crippen LogP contribution in [0.3, 0.4) is 0 Å². The van der Waals surface area contributed by atoms with Crippen molar-refractivity contribution in [1.82, 2.24) is 9.61 Å². The molecule has 0 unspecified atom stereocenters. The second-order valence-corrected chi connectivity index (χ2v) is 6.74. The number of esters is 1. The van der Waals surface area contributed by atoms with Crippen LogP contribution in [0.5, 0.6) is 0 Å². The maximum atomic E-state index is 13.8. The van der Waals surface area contributed by atoms with Gasteiger partial charge in [-0.25, -0.2) is 20.3 Å². The highest BCUT2D eigenvalue weighted by molar-refractivity contribution is 5.97. The molecular formula is C21H19FN4O2. The van der Waals surface area contributed by atoms with Crippen LogP contribution < -0.4 is 4.90 Å². The number of fused-ring (bicyclic) bond motifs is 1. The third kappa shape index (κ3) is 3.18. The predicted octanol–water partition coefficient (Wildman–Crippen LogP) is 3.89. The minimum absolute atomic E-state index is 0.105. The van der Waals surface area contributed by atoms with Gasteiger partial charge in [-0.3, -0.25) is 0 Å². The van der Waals surface area contributed by atoms with Crippen molar-refractivity contribution in [2.75, 3.05) is 18.1 Å². The summed E-state index contributed by atoms with van der Waals surface area (Å²) in [5.74, 6) is -0.712. The van der Waals surface area contributed by atoms with E-state index in [1.54, 1.807) is 23.7 Å². The molecule has 2 atom stereocenters. The summed E-state index contributed by atoms with van der Waals surface area (Å²) in [6.07, 6.45) is 3.90. The van der Waals surface area contributed by atoms with E-state index in [4.69, 9.17) is 11.3 Å². The number of hydrogen-bond acceptors (Lipinski definition) is 4. The monoisotopic (exact) mass is 378 g/mol. The lowest BCUT2D eigenvalue weighted by atomic mass is 10.0. The molecule has 1 fully saturated rings. The smallest absolute Gasteiger partial charge is 0.341 e. The van der Waals surface area contributed by atoms with Gasteiger partial charge in [-0.15, -0.1) is 0 Å². The average Bonchev–Trinajstić information content (AvgIpc) is 3.32. The molecule has 0 N–H and O–H groups in total. The van der Waals surface area contributed by atoms with E-state index in [9.17, 15) is 9.18 Å². The second kappa shape index (κ2) is 7.31. The van der Waals surface area contributed by atoms with Crippen molar-refractivity contribution in [2.24, 2.45) is 0 Å². The van der Waals surface area contributed by atoms with Gasteiger partial charge in [0.05, 0.1) is 30.9 Å². The third-order valence-electron chi connectivity index (χ3n) is 5.03. The molecule has 4 rings (SSSR count). The van der Waals surface area contributed by atoms with Crippen molar-refractivity contribution in [3.8, 4) is 0 Å². The van der Waals surface area contributed by atoms with E-state index >= 15 is 0 Å². The normalized spacial score (nSPS) is 19.0. The van der Waals surface area contributed by atoms with Gasteiger partial charge in [0.1, 0.15) is 11.4 Å². The quantitative estimate of drug-likeness (QED) is 0.511. The van der Waals surface area contributed by atoms with E-state index < -0.39 is 5.97 Å². The minimum Gasteiger partial charge on any atom is -0.462 e. The fourth-order valence-corrected chi connectivity index (χ4v) is 3.74. The van der Waals surface area contributed by atoms with Gasteiger partial charge < -0.3 is 14.5 Å². The molecule has 1 aliphatic rings. The van der Waals surface area contributed by atoms with Crippen LogP contribution in [0.4, 0.5) is 10.1 Å². The number of ether oxygens (including phenoxy) is 1. The lowest BCUT2D eigenvalue weighted by Gasteiger charge is -2.26. The molecule has 0 amide bonds. The number of carbonyl (C=O) groups is 1. The largest absolute Gasteiger partial charge is 0.462 e. The zero-order chi connectivity index (χ0) is 19.7. The van der Waals surface area contributed by atoms with Crippen molar-refractivity contribution >= 4 is 17.2 Å². The average molecular weight is 378 g/mol. The summed E-state index contributed by atoms with van der Waals surface area (Å²) >= 11 is 0. The van der Waals surface area contributed by atoms with Gasteiger partial charge in [0.25, 0.3) is 0 Å². The highest BCUT2D eigenvalue weighted by atomic mass is 19.1. The van der Waals surface area contributed by atoms with E-state index in [1.165, 1.54) is 18.3 Å². The Morgan fingerprint density at radius 2 is 2.25 bits per heavy atom. The van der Waals surface area contributed by atoms with Crippen molar-refractivity contribution < 1.29 is 13.9 Å².